The molecule has 0 spiro atoms. The number of nitrogens with one attached hydrogen (secondary N) is 2. The number of carbonyl (C=O) groups excluding carboxylic acids is 3. The average molecular weight is 475 g/mol. The van der Waals surface area contributed by atoms with Gasteiger partial charge >= 0.3 is 0 Å². The fraction of sp³-hybridized carbons (Fsp3) is 0.200. The number of aromatic nitrogens is 1. The standard InChI is InChI=1S/C25H22N4O4S/c30-23(14-16-6-5-13-34-16)29-11-3-9-21(29)25(32)28-27-24(31)18-15-20(22-10-4-12-33-22)26-19-8-2-1-7-17(18)19/h1-2,4-8,10,12-13,15,21H,3,9,11,14H2,(H,27,31)(H,28,32). The van der Waals surface area contributed by atoms with Crippen molar-refractivity contribution in [2.75, 3.05) is 6.54 Å². The van der Waals surface area contributed by atoms with Crippen LogP contribution < -0.4 is 10.9 Å². The molecule has 172 valence electrons. The van der Waals surface area contributed by atoms with E-state index in [0.29, 0.717) is 40.9 Å². The number of pyridine rings is 1. The van der Waals surface area contributed by atoms with Gasteiger partial charge in [0.05, 0.1) is 23.8 Å². The van der Waals surface area contributed by atoms with Crippen molar-refractivity contribution in [1.29, 1.82) is 0 Å². The Labute approximate surface area is 199 Å². The zero-order chi connectivity index (χ0) is 23.5. The highest BCUT2D eigenvalue weighted by Crippen LogP contribution is 2.25. The van der Waals surface area contributed by atoms with Crippen LogP contribution in [0.25, 0.3) is 22.4 Å². The van der Waals surface area contributed by atoms with Gasteiger partial charge in [0.2, 0.25) is 5.91 Å². The lowest BCUT2D eigenvalue weighted by Crippen LogP contribution is -2.51. The van der Waals surface area contributed by atoms with Gasteiger partial charge in [-0.1, -0.05) is 24.3 Å². The van der Waals surface area contributed by atoms with Crippen molar-refractivity contribution in [3.63, 3.8) is 0 Å². The molecular weight excluding hydrogens is 452 g/mol. The summed E-state index contributed by atoms with van der Waals surface area (Å²) in [4.78, 5) is 45.8. The normalized spacial score (nSPS) is 15.4. The van der Waals surface area contributed by atoms with Crippen molar-refractivity contribution < 1.29 is 18.8 Å². The lowest BCUT2D eigenvalue weighted by molar-refractivity contribution is -0.138. The van der Waals surface area contributed by atoms with Crippen LogP contribution in [0.1, 0.15) is 28.1 Å². The number of nitrogens with zero attached hydrogens (tertiary/aromatic N) is 2. The molecule has 1 aromatic carbocycles. The van der Waals surface area contributed by atoms with Gasteiger partial charge in [0.1, 0.15) is 11.7 Å². The number of hydrazine groups is 1. The molecule has 0 bridgehead atoms. The molecule has 1 aliphatic rings. The molecule has 0 aliphatic carbocycles. The monoisotopic (exact) mass is 474 g/mol. The second-order valence-electron chi connectivity index (χ2n) is 7.99. The molecule has 1 atom stereocenters. The first kappa shape index (κ1) is 21.8. The predicted octanol–water partition coefficient (Wildman–Crippen LogP) is 3.55. The lowest BCUT2D eigenvalue weighted by Gasteiger charge is -2.24. The number of carbonyl (C=O) groups is 3. The quantitative estimate of drug-likeness (QED) is 0.431. The van der Waals surface area contributed by atoms with E-state index in [2.05, 4.69) is 15.8 Å². The summed E-state index contributed by atoms with van der Waals surface area (Å²) < 4.78 is 5.44. The largest absolute Gasteiger partial charge is 0.463 e. The van der Waals surface area contributed by atoms with Gasteiger partial charge in [-0.15, -0.1) is 11.3 Å². The topological polar surface area (TPSA) is 105 Å². The van der Waals surface area contributed by atoms with E-state index < -0.39 is 17.9 Å². The maximum atomic E-state index is 13.1. The number of rotatable bonds is 5. The van der Waals surface area contributed by atoms with Crippen LogP contribution in [0, 0.1) is 0 Å². The molecule has 9 heteroatoms. The summed E-state index contributed by atoms with van der Waals surface area (Å²) in [7, 11) is 0. The van der Waals surface area contributed by atoms with Gasteiger partial charge in [0.25, 0.3) is 11.8 Å². The highest BCUT2D eigenvalue weighted by molar-refractivity contribution is 7.10. The summed E-state index contributed by atoms with van der Waals surface area (Å²) in [6.07, 6.45) is 3.11. The molecule has 1 unspecified atom stereocenters. The van der Waals surface area contributed by atoms with Crippen LogP contribution in [0.2, 0.25) is 0 Å². The van der Waals surface area contributed by atoms with E-state index in [4.69, 9.17) is 4.42 Å². The van der Waals surface area contributed by atoms with Crippen molar-refractivity contribution in [2.45, 2.75) is 25.3 Å². The second kappa shape index (κ2) is 9.48. The Hall–Kier alpha value is -3.98. The average Bonchev–Trinajstić information content (AvgIpc) is 3.64. The maximum absolute atomic E-state index is 13.1. The fourth-order valence-electron chi connectivity index (χ4n) is 4.18. The summed E-state index contributed by atoms with van der Waals surface area (Å²) in [5.74, 6) is -0.437. The van der Waals surface area contributed by atoms with Gasteiger partial charge < -0.3 is 9.32 Å². The van der Waals surface area contributed by atoms with Crippen molar-refractivity contribution in [3.05, 3.63) is 76.7 Å². The van der Waals surface area contributed by atoms with Gasteiger partial charge in [0, 0.05) is 16.8 Å². The highest BCUT2D eigenvalue weighted by atomic mass is 32.1. The first-order chi connectivity index (χ1) is 16.6. The Morgan fingerprint density at radius 3 is 2.76 bits per heavy atom. The van der Waals surface area contributed by atoms with Crippen LogP contribution in [0.4, 0.5) is 0 Å². The molecule has 5 rings (SSSR count). The number of hydrogen-bond donors (Lipinski definition) is 2. The van der Waals surface area contributed by atoms with Crippen molar-refractivity contribution in [2.24, 2.45) is 0 Å². The number of likely N-dealkylation sites (tertiary alicyclic amines) is 1. The Kier molecular flexibility index (Phi) is 6.09. The van der Waals surface area contributed by atoms with Crippen LogP contribution in [0.15, 0.2) is 70.7 Å². The van der Waals surface area contributed by atoms with Gasteiger partial charge in [-0.2, -0.15) is 0 Å². The van der Waals surface area contributed by atoms with Crippen molar-refractivity contribution in [1.82, 2.24) is 20.7 Å². The zero-order valence-electron chi connectivity index (χ0n) is 18.2. The molecule has 3 amide bonds. The predicted molar refractivity (Wildman–Crippen MR) is 128 cm³/mol. The molecule has 1 aliphatic heterocycles. The highest BCUT2D eigenvalue weighted by Gasteiger charge is 2.34. The van der Waals surface area contributed by atoms with Gasteiger partial charge in [0.15, 0.2) is 5.76 Å². The van der Waals surface area contributed by atoms with Crippen LogP contribution in [0.5, 0.6) is 0 Å². The molecule has 1 fully saturated rings. The lowest BCUT2D eigenvalue weighted by atomic mass is 10.1. The third-order valence-electron chi connectivity index (χ3n) is 5.82. The van der Waals surface area contributed by atoms with Crippen LogP contribution in [-0.2, 0) is 16.0 Å². The third-order valence-corrected chi connectivity index (χ3v) is 6.69. The number of benzene rings is 1. The van der Waals surface area contributed by atoms with E-state index in [1.165, 1.54) is 11.3 Å². The second-order valence-corrected chi connectivity index (χ2v) is 9.03. The van der Waals surface area contributed by atoms with E-state index in [9.17, 15) is 14.4 Å². The molecule has 0 saturated carbocycles. The minimum absolute atomic E-state index is 0.0883. The van der Waals surface area contributed by atoms with Crippen molar-refractivity contribution >= 4 is 40.0 Å². The SMILES string of the molecule is O=C(NNC(=O)C1CCCN1C(=O)Cc1cccs1)c1cc(-c2ccco2)nc2ccccc12. The Balaban J connectivity index is 1.30. The summed E-state index contributed by atoms with van der Waals surface area (Å²) in [6, 6.07) is 15.6. The number of fused-ring (bicyclic) bond motifs is 1. The summed E-state index contributed by atoms with van der Waals surface area (Å²) in [5.41, 5.74) is 6.53. The number of hydrogen-bond acceptors (Lipinski definition) is 6. The number of amides is 3. The number of thiophene rings is 1. The zero-order valence-corrected chi connectivity index (χ0v) is 19.0. The maximum Gasteiger partial charge on any atom is 0.270 e. The number of furan rings is 1. The van der Waals surface area contributed by atoms with Crippen molar-refractivity contribution in [3.8, 4) is 11.5 Å². The molecule has 3 aromatic heterocycles. The molecule has 0 radical (unpaired) electrons. The Morgan fingerprint density at radius 1 is 1.09 bits per heavy atom. The molecule has 4 heterocycles. The van der Waals surface area contributed by atoms with Gasteiger partial charge in [-0.05, 0) is 48.6 Å². The summed E-state index contributed by atoms with van der Waals surface area (Å²) >= 11 is 1.52. The van der Waals surface area contributed by atoms with E-state index >= 15 is 0 Å². The van der Waals surface area contributed by atoms with Crippen LogP contribution >= 0.6 is 11.3 Å². The van der Waals surface area contributed by atoms with Gasteiger partial charge in [-0.3, -0.25) is 25.2 Å². The molecule has 8 nitrogen and oxygen atoms in total. The molecule has 2 N–H and O–H groups in total. The van der Waals surface area contributed by atoms with Crippen LogP contribution in [0.3, 0.4) is 0 Å². The van der Waals surface area contributed by atoms with E-state index in [0.717, 1.165) is 11.3 Å². The summed E-state index contributed by atoms with van der Waals surface area (Å²) in [6.45, 7) is 0.526. The molecular formula is C25H22N4O4S. The Morgan fingerprint density at radius 2 is 1.97 bits per heavy atom. The van der Waals surface area contributed by atoms with E-state index in [-0.39, 0.29) is 12.3 Å². The first-order valence-corrected chi connectivity index (χ1v) is 11.8. The number of para-hydroxylation sites is 1. The molecule has 4 aromatic rings. The van der Waals surface area contributed by atoms with E-state index in [1.54, 1.807) is 35.4 Å². The molecule has 1 saturated heterocycles. The smallest absolute Gasteiger partial charge is 0.270 e. The van der Waals surface area contributed by atoms with Gasteiger partial charge in [-0.25, -0.2) is 4.98 Å². The van der Waals surface area contributed by atoms with E-state index in [1.807, 2.05) is 35.7 Å². The minimum Gasteiger partial charge on any atom is -0.463 e. The minimum atomic E-state index is -0.611. The summed E-state index contributed by atoms with van der Waals surface area (Å²) in [5, 5.41) is 2.57. The van der Waals surface area contributed by atoms with Crippen LogP contribution in [-0.4, -0.2) is 40.2 Å². The third kappa shape index (κ3) is 4.42. The molecule has 34 heavy (non-hydrogen) atoms. The Bertz CT molecular complexity index is 1330. The fourth-order valence-corrected chi connectivity index (χ4v) is 4.88. The first-order valence-electron chi connectivity index (χ1n) is 11.0.